The van der Waals surface area contributed by atoms with Crippen molar-refractivity contribution >= 4 is 6.09 Å². The van der Waals surface area contributed by atoms with Gasteiger partial charge in [-0.25, -0.2) is 4.79 Å². The molecule has 2 rings (SSSR count). The number of ether oxygens (including phenoxy) is 1. The number of benzene rings is 1. The van der Waals surface area contributed by atoms with Crippen molar-refractivity contribution in [2.45, 2.75) is 38.9 Å². The van der Waals surface area contributed by atoms with Crippen LogP contribution in [-0.2, 0) is 11.2 Å². The maximum absolute atomic E-state index is 12.0. The van der Waals surface area contributed by atoms with E-state index in [1.807, 2.05) is 51.1 Å². The molecule has 0 spiro atoms. The van der Waals surface area contributed by atoms with Crippen molar-refractivity contribution in [3.05, 3.63) is 35.9 Å². The van der Waals surface area contributed by atoms with Crippen LogP contribution in [0.3, 0.4) is 0 Å². The first kappa shape index (κ1) is 14.9. The van der Waals surface area contributed by atoms with Gasteiger partial charge in [0.25, 0.3) is 0 Å². The van der Waals surface area contributed by atoms with Gasteiger partial charge in [-0.1, -0.05) is 30.3 Å². The van der Waals surface area contributed by atoms with Gasteiger partial charge < -0.3 is 14.7 Å². The van der Waals surface area contributed by atoms with Crippen LogP contribution in [0.4, 0.5) is 4.79 Å². The van der Waals surface area contributed by atoms with E-state index in [9.17, 15) is 9.90 Å². The molecule has 0 aromatic heterocycles. The largest absolute Gasteiger partial charge is 0.444 e. The molecule has 2 atom stereocenters. The second kappa shape index (κ2) is 5.83. The Labute approximate surface area is 120 Å². The van der Waals surface area contributed by atoms with Gasteiger partial charge in [0.15, 0.2) is 0 Å². The quantitative estimate of drug-likeness (QED) is 0.903. The zero-order chi connectivity index (χ0) is 14.8. The van der Waals surface area contributed by atoms with Crippen molar-refractivity contribution < 1.29 is 14.6 Å². The molecule has 4 nitrogen and oxygen atoms in total. The summed E-state index contributed by atoms with van der Waals surface area (Å²) in [4.78, 5) is 13.6. The van der Waals surface area contributed by atoms with Gasteiger partial charge >= 0.3 is 6.09 Å². The molecular weight excluding hydrogens is 254 g/mol. The van der Waals surface area contributed by atoms with Crippen LogP contribution in [0.5, 0.6) is 0 Å². The molecule has 1 aliphatic rings. The molecule has 110 valence electrons. The lowest BCUT2D eigenvalue weighted by atomic mass is 9.97. The first-order valence-corrected chi connectivity index (χ1v) is 7.05. The van der Waals surface area contributed by atoms with Crippen LogP contribution in [0.2, 0.25) is 0 Å². The summed E-state index contributed by atoms with van der Waals surface area (Å²) >= 11 is 0. The van der Waals surface area contributed by atoms with Crippen LogP contribution in [0.15, 0.2) is 30.3 Å². The minimum Gasteiger partial charge on any atom is -0.444 e. The Morgan fingerprint density at radius 3 is 2.55 bits per heavy atom. The Kier molecular flexibility index (Phi) is 4.33. The summed E-state index contributed by atoms with van der Waals surface area (Å²) in [6, 6.07) is 10.0. The van der Waals surface area contributed by atoms with E-state index >= 15 is 0 Å². The molecule has 0 bridgehead atoms. The van der Waals surface area contributed by atoms with E-state index in [1.54, 1.807) is 4.90 Å². The van der Waals surface area contributed by atoms with Gasteiger partial charge in [-0.05, 0) is 32.8 Å². The third-order valence-corrected chi connectivity index (χ3v) is 3.40. The van der Waals surface area contributed by atoms with E-state index < -0.39 is 11.7 Å². The summed E-state index contributed by atoms with van der Waals surface area (Å²) in [5, 5.41) is 10.1. The molecule has 0 radical (unpaired) electrons. The summed E-state index contributed by atoms with van der Waals surface area (Å²) in [6.07, 6.45) is -0.0452. The Balaban J connectivity index is 1.94. The molecular formula is C16H23NO3. The van der Waals surface area contributed by atoms with Crippen LogP contribution >= 0.6 is 0 Å². The Bertz CT molecular complexity index is 453. The van der Waals surface area contributed by atoms with Crippen molar-refractivity contribution in [2.75, 3.05) is 13.1 Å². The number of aliphatic hydroxyl groups excluding tert-OH is 1. The first-order valence-electron chi connectivity index (χ1n) is 7.05. The van der Waals surface area contributed by atoms with Gasteiger partial charge in [0.2, 0.25) is 0 Å². The Morgan fingerprint density at radius 2 is 1.95 bits per heavy atom. The number of rotatable bonds is 2. The number of nitrogens with zero attached hydrogens (tertiary/aromatic N) is 1. The topological polar surface area (TPSA) is 49.8 Å². The van der Waals surface area contributed by atoms with E-state index in [0.29, 0.717) is 13.1 Å². The summed E-state index contributed by atoms with van der Waals surface area (Å²) < 4.78 is 5.34. The van der Waals surface area contributed by atoms with E-state index in [2.05, 4.69) is 0 Å². The van der Waals surface area contributed by atoms with Crippen molar-refractivity contribution in [1.82, 2.24) is 4.90 Å². The number of likely N-dealkylation sites (tertiary alicyclic amines) is 1. The van der Waals surface area contributed by atoms with E-state index in [-0.39, 0.29) is 12.0 Å². The molecule has 20 heavy (non-hydrogen) atoms. The van der Waals surface area contributed by atoms with Gasteiger partial charge in [-0.15, -0.1) is 0 Å². The minimum atomic E-state index is -0.500. The van der Waals surface area contributed by atoms with Crippen LogP contribution < -0.4 is 0 Å². The molecule has 0 aliphatic carbocycles. The van der Waals surface area contributed by atoms with Crippen molar-refractivity contribution in [2.24, 2.45) is 5.92 Å². The lowest BCUT2D eigenvalue weighted by Gasteiger charge is -2.24. The molecule has 1 amide bonds. The highest BCUT2D eigenvalue weighted by Gasteiger charge is 2.35. The fourth-order valence-corrected chi connectivity index (χ4v) is 2.45. The van der Waals surface area contributed by atoms with Crippen LogP contribution in [0, 0.1) is 5.92 Å². The second-order valence-corrected chi connectivity index (χ2v) is 6.40. The molecule has 1 fully saturated rings. The number of β-amino-alcohol motifs (C(OH)–C–C–N with tert-alkyl or cyclic N) is 1. The molecule has 1 N–H and O–H groups in total. The average Bonchev–Trinajstić information content (AvgIpc) is 2.70. The van der Waals surface area contributed by atoms with Gasteiger partial charge in [-0.2, -0.15) is 0 Å². The molecule has 1 aromatic rings. The average molecular weight is 277 g/mol. The zero-order valence-corrected chi connectivity index (χ0v) is 12.4. The van der Waals surface area contributed by atoms with Crippen molar-refractivity contribution in [3.63, 3.8) is 0 Å². The highest BCUT2D eigenvalue weighted by atomic mass is 16.6. The lowest BCUT2D eigenvalue weighted by Crippen LogP contribution is -2.35. The SMILES string of the molecule is CC(C)(C)OC(=O)N1CC(Cc2ccccc2)[C@@H](O)C1. The van der Waals surface area contributed by atoms with Crippen LogP contribution in [-0.4, -0.2) is 40.9 Å². The number of carbonyl (C=O) groups excluding carboxylic acids is 1. The highest BCUT2D eigenvalue weighted by molar-refractivity contribution is 5.68. The third-order valence-electron chi connectivity index (χ3n) is 3.40. The predicted octanol–water partition coefficient (Wildman–Crippen LogP) is 2.46. The Hall–Kier alpha value is -1.55. The summed E-state index contributed by atoms with van der Waals surface area (Å²) in [7, 11) is 0. The molecule has 1 aliphatic heterocycles. The monoisotopic (exact) mass is 277 g/mol. The van der Waals surface area contributed by atoms with Crippen LogP contribution in [0.25, 0.3) is 0 Å². The molecule has 1 aromatic carbocycles. The highest BCUT2D eigenvalue weighted by Crippen LogP contribution is 2.23. The van der Waals surface area contributed by atoms with E-state index in [4.69, 9.17) is 4.74 Å². The summed E-state index contributed by atoms with van der Waals surface area (Å²) in [6.45, 7) is 6.44. The number of hydrogen-bond acceptors (Lipinski definition) is 3. The van der Waals surface area contributed by atoms with Crippen LogP contribution in [0.1, 0.15) is 26.3 Å². The first-order chi connectivity index (χ1) is 9.35. The standard InChI is InChI=1S/C16H23NO3/c1-16(2,3)20-15(19)17-10-13(14(18)11-17)9-12-7-5-4-6-8-12/h4-8,13-14,18H,9-11H2,1-3H3/t13?,14-/m0/s1. The smallest absolute Gasteiger partial charge is 0.410 e. The minimum absolute atomic E-state index is 0.0740. The lowest BCUT2D eigenvalue weighted by molar-refractivity contribution is 0.0270. The summed E-state index contributed by atoms with van der Waals surface area (Å²) in [5.74, 6) is 0.0740. The molecule has 1 unspecified atom stereocenters. The molecule has 4 heteroatoms. The van der Waals surface area contributed by atoms with E-state index in [0.717, 1.165) is 6.42 Å². The maximum Gasteiger partial charge on any atom is 0.410 e. The number of carbonyl (C=O) groups is 1. The van der Waals surface area contributed by atoms with Gasteiger partial charge in [0.1, 0.15) is 5.60 Å². The van der Waals surface area contributed by atoms with Gasteiger partial charge in [0, 0.05) is 12.5 Å². The zero-order valence-electron chi connectivity index (χ0n) is 12.4. The molecule has 1 heterocycles. The van der Waals surface area contributed by atoms with Gasteiger partial charge in [0.05, 0.1) is 12.6 Å². The predicted molar refractivity (Wildman–Crippen MR) is 77.4 cm³/mol. The fourth-order valence-electron chi connectivity index (χ4n) is 2.45. The second-order valence-electron chi connectivity index (χ2n) is 6.40. The number of amides is 1. The maximum atomic E-state index is 12.0. The van der Waals surface area contributed by atoms with Crippen molar-refractivity contribution in [1.29, 1.82) is 0 Å². The number of aliphatic hydroxyl groups is 1. The summed E-state index contributed by atoms with van der Waals surface area (Å²) in [5.41, 5.74) is 0.683. The Morgan fingerprint density at radius 1 is 1.30 bits per heavy atom. The van der Waals surface area contributed by atoms with Gasteiger partial charge in [-0.3, -0.25) is 0 Å². The van der Waals surface area contributed by atoms with E-state index in [1.165, 1.54) is 5.56 Å². The normalized spacial score (nSPS) is 22.9. The van der Waals surface area contributed by atoms with Crippen molar-refractivity contribution in [3.8, 4) is 0 Å². The third kappa shape index (κ3) is 3.97. The fraction of sp³-hybridized carbons (Fsp3) is 0.562. The number of hydrogen-bond donors (Lipinski definition) is 1. The molecule has 0 saturated carbocycles. The molecule has 1 saturated heterocycles.